The number of aldehydes is 1. The lowest BCUT2D eigenvalue weighted by molar-refractivity contribution is -0.385. The fourth-order valence-electron chi connectivity index (χ4n) is 1.70. The second-order valence-electron chi connectivity index (χ2n) is 3.75. The van der Waals surface area contributed by atoms with Gasteiger partial charge in [0.05, 0.1) is 10.5 Å². The van der Waals surface area contributed by atoms with E-state index in [0.29, 0.717) is 6.29 Å². The lowest BCUT2D eigenvalue weighted by Crippen LogP contribution is -1.96. The van der Waals surface area contributed by atoms with E-state index in [0.717, 1.165) is 12.1 Å². The summed E-state index contributed by atoms with van der Waals surface area (Å²) in [6.07, 6.45) is 0.337. The lowest BCUT2D eigenvalue weighted by atomic mass is 10.0. The number of carbonyl (C=O) groups is 1. The molecule has 2 rings (SSSR count). The summed E-state index contributed by atoms with van der Waals surface area (Å²) in [5.74, 6) is -2.13. The van der Waals surface area contributed by atoms with E-state index in [4.69, 9.17) is 0 Å². The highest BCUT2D eigenvalue weighted by molar-refractivity contribution is 5.84. The normalized spacial score (nSPS) is 10.2. The maximum Gasteiger partial charge on any atom is 0.280 e. The Kier molecular flexibility index (Phi) is 3.33. The number of nitro benzene ring substituents is 1. The molecule has 2 aromatic carbocycles. The number of nitro groups is 1. The molecule has 0 N–H and O–H groups in total. The summed E-state index contributed by atoms with van der Waals surface area (Å²) >= 11 is 0. The molecule has 0 amide bonds. The highest BCUT2D eigenvalue weighted by Gasteiger charge is 2.17. The number of hydrogen-bond acceptors (Lipinski definition) is 3. The van der Waals surface area contributed by atoms with Crippen molar-refractivity contribution in [3.05, 3.63) is 63.7 Å². The summed E-state index contributed by atoms with van der Waals surface area (Å²) in [6, 6.07) is 7.12. The molecule has 0 aliphatic heterocycles. The monoisotopic (exact) mass is 263 g/mol. The molecule has 0 aliphatic rings. The van der Waals surface area contributed by atoms with Gasteiger partial charge in [-0.2, -0.15) is 0 Å². The lowest BCUT2D eigenvalue weighted by Gasteiger charge is -2.05. The molecule has 0 spiro atoms. The van der Waals surface area contributed by atoms with Crippen LogP contribution in [0.4, 0.5) is 14.5 Å². The highest BCUT2D eigenvalue weighted by atomic mass is 19.2. The van der Waals surface area contributed by atoms with Gasteiger partial charge < -0.3 is 0 Å². The SMILES string of the molecule is O=Cc1ccc(-c2cccc(F)c2F)cc1[N+](=O)[O-]. The van der Waals surface area contributed by atoms with Gasteiger partial charge >= 0.3 is 0 Å². The van der Waals surface area contributed by atoms with Gasteiger partial charge in [-0.3, -0.25) is 14.9 Å². The fourth-order valence-corrected chi connectivity index (χ4v) is 1.70. The van der Waals surface area contributed by atoms with Gasteiger partial charge in [0, 0.05) is 11.6 Å². The molecular formula is C13H7F2NO3. The smallest absolute Gasteiger partial charge is 0.280 e. The largest absolute Gasteiger partial charge is 0.298 e. The molecular weight excluding hydrogens is 256 g/mol. The fraction of sp³-hybridized carbons (Fsp3) is 0. The molecule has 0 aliphatic carbocycles. The third kappa shape index (κ3) is 2.33. The Morgan fingerprint density at radius 2 is 1.89 bits per heavy atom. The number of benzene rings is 2. The minimum Gasteiger partial charge on any atom is -0.298 e. The van der Waals surface area contributed by atoms with Crippen molar-refractivity contribution in [3.63, 3.8) is 0 Å². The first-order chi connectivity index (χ1) is 9.04. The quantitative estimate of drug-likeness (QED) is 0.484. The van der Waals surface area contributed by atoms with Crippen LogP contribution in [0, 0.1) is 21.7 Å². The molecule has 0 aromatic heterocycles. The molecule has 96 valence electrons. The first-order valence-corrected chi connectivity index (χ1v) is 5.22. The minimum absolute atomic E-state index is 0.0967. The number of halogens is 2. The van der Waals surface area contributed by atoms with Crippen molar-refractivity contribution in [3.8, 4) is 11.1 Å². The standard InChI is InChI=1S/C13H7F2NO3/c14-11-3-1-2-10(13(11)15)8-4-5-9(7-17)12(6-8)16(18)19/h1-7H. The zero-order chi connectivity index (χ0) is 14.0. The number of carbonyl (C=O) groups excluding carboxylic acids is 1. The predicted octanol–water partition coefficient (Wildman–Crippen LogP) is 3.35. The average Bonchev–Trinajstić information content (AvgIpc) is 2.41. The summed E-state index contributed by atoms with van der Waals surface area (Å²) in [4.78, 5) is 20.7. The first-order valence-electron chi connectivity index (χ1n) is 5.22. The molecule has 0 heterocycles. The van der Waals surface area contributed by atoms with Crippen LogP contribution in [0.3, 0.4) is 0 Å². The Balaban J connectivity index is 2.64. The Bertz CT molecular complexity index is 671. The predicted molar refractivity (Wildman–Crippen MR) is 63.8 cm³/mol. The van der Waals surface area contributed by atoms with E-state index < -0.39 is 22.2 Å². The van der Waals surface area contributed by atoms with Gasteiger partial charge in [-0.05, 0) is 17.7 Å². The molecule has 19 heavy (non-hydrogen) atoms. The molecule has 2 aromatic rings. The molecule has 0 radical (unpaired) electrons. The summed E-state index contributed by atoms with van der Waals surface area (Å²) < 4.78 is 26.7. The summed E-state index contributed by atoms with van der Waals surface area (Å²) in [7, 11) is 0. The van der Waals surface area contributed by atoms with Crippen LogP contribution < -0.4 is 0 Å². The molecule has 0 fully saturated rings. The van der Waals surface area contributed by atoms with Crippen LogP contribution in [0.1, 0.15) is 10.4 Å². The zero-order valence-electron chi connectivity index (χ0n) is 9.47. The van der Waals surface area contributed by atoms with Gasteiger partial charge in [0.1, 0.15) is 0 Å². The summed E-state index contributed by atoms with van der Waals surface area (Å²) in [5, 5.41) is 10.8. The highest BCUT2D eigenvalue weighted by Crippen LogP contribution is 2.29. The number of rotatable bonds is 3. The van der Waals surface area contributed by atoms with Crippen molar-refractivity contribution in [2.24, 2.45) is 0 Å². The summed E-state index contributed by atoms with van der Waals surface area (Å²) in [6.45, 7) is 0. The zero-order valence-corrected chi connectivity index (χ0v) is 9.47. The third-order valence-electron chi connectivity index (χ3n) is 2.62. The van der Waals surface area contributed by atoms with Gasteiger partial charge in [0.2, 0.25) is 0 Å². The van der Waals surface area contributed by atoms with E-state index in [1.165, 1.54) is 24.3 Å². The number of nitrogens with zero attached hydrogens (tertiary/aromatic N) is 1. The Morgan fingerprint density at radius 3 is 2.53 bits per heavy atom. The van der Waals surface area contributed by atoms with Crippen LogP contribution in [0.15, 0.2) is 36.4 Å². The molecule has 0 saturated carbocycles. The van der Waals surface area contributed by atoms with Crippen molar-refractivity contribution < 1.29 is 18.5 Å². The van der Waals surface area contributed by atoms with Gasteiger partial charge in [0.15, 0.2) is 17.9 Å². The van der Waals surface area contributed by atoms with Crippen molar-refractivity contribution in [2.45, 2.75) is 0 Å². The van der Waals surface area contributed by atoms with E-state index in [1.54, 1.807) is 0 Å². The van der Waals surface area contributed by atoms with Crippen LogP contribution in [0.5, 0.6) is 0 Å². The summed E-state index contributed by atoms with van der Waals surface area (Å²) in [5.41, 5.74) is -0.531. The molecule has 6 heteroatoms. The van der Waals surface area contributed by atoms with E-state index in [1.807, 2.05) is 0 Å². The minimum atomic E-state index is -1.09. The van der Waals surface area contributed by atoms with Crippen LogP contribution in [0.2, 0.25) is 0 Å². The molecule has 0 saturated heterocycles. The van der Waals surface area contributed by atoms with Crippen LogP contribution in [0.25, 0.3) is 11.1 Å². The third-order valence-corrected chi connectivity index (χ3v) is 2.62. The molecule has 0 unspecified atom stereocenters. The second-order valence-corrected chi connectivity index (χ2v) is 3.75. The van der Waals surface area contributed by atoms with Crippen molar-refractivity contribution in [1.29, 1.82) is 0 Å². The topological polar surface area (TPSA) is 60.2 Å². The average molecular weight is 263 g/mol. The Morgan fingerprint density at radius 1 is 1.16 bits per heavy atom. The van der Waals surface area contributed by atoms with E-state index in [-0.39, 0.29) is 16.7 Å². The maximum atomic E-state index is 13.6. The molecule has 0 atom stereocenters. The second kappa shape index (κ2) is 4.93. The van der Waals surface area contributed by atoms with Gasteiger partial charge in [-0.15, -0.1) is 0 Å². The van der Waals surface area contributed by atoms with Crippen LogP contribution >= 0.6 is 0 Å². The van der Waals surface area contributed by atoms with E-state index in [9.17, 15) is 23.7 Å². The van der Waals surface area contributed by atoms with Gasteiger partial charge in [0.25, 0.3) is 5.69 Å². The first kappa shape index (κ1) is 12.8. The Labute approximate surface area is 106 Å². The van der Waals surface area contributed by atoms with Crippen LogP contribution in [-0.4, -0.2) is 11.2 Å². The van der Waals surface area contributed by atoms with Gasteiger partial charge in [-0.1, -0.05) is 18.2 Å². The van der Waals surface area contributed by atoms with Crippen molar-refractivity contribution in [2.75, 3.05) is 0 Å². The van der Waals surface area contributed by atoms with Crippen LogP contribution in [-0.2, 0) is 0 Å². The van der Waals surface area contributed by atoms with Crippen molar-refractivity contribution >= 4 is 12.0 Å². The molecule has 0 bridgehead atoms. The Hall–Kier alpha value is -2.63. The molecule has 4 nitrogen and oxygen atoms in total. The van der Waals surface area contributed by atoms with Gasteiger partial charge in [-0.25, -0.2) is 8.78 Å². The van der Waals surface area contributed by atoms with E-state index in [2.05, 4.69) is 0 Å². The maximum absolute atomic E-state index is 13.6. The number of hydrogen-bond donors (Lipinski definition) is 0. The van der Waals surface area contributed by atoms with E-state index >= 15 is 0 Å². The van der Waals surface area contributed by atoms with Crippen molar-refractivity contribution in [1.82, 2.24) is 0 Å².